The van der Waals surface area contributed by atoms with Gasteiger partial charge in [-0.2, -0.15) is 0 Å². The summed E-state index contributed by atoms with van der Waals surface area (Å²) in [5.41, 5.74) is 1.84. The van der Waals surface area contributed by atoms with Gasteiger partial charge in [0.2, 0.25) is 5.95 Å². The van der Waals surface area contributed by atoms with E-state index >= 15 is 0 Å². The summed E-state index contributed by atoms with van der Waals surface area (Å²) >= 11 is 3.43. The van der Waals surface area contributed by atoms with E-state index < -0.39 is 12.2 Å². The number of aliphatic hydroxyl groups excluding tert-OH is 1. The standard InChI is InChI=1S/C14H17BrN4O3/c1-18-12-3-2-8(15)4-11(12)17-13(18)19-6-9(16-14(21)22)5-10(20)7-19/h2-4,9-10,16,20H,5-7H2,1H3,(H,21,22)/t9-,10-/m1/s1. The molecule has 1 fully saturated rings. The number of amides is 1. The number of carboxylic acid groups (broad SMARTS) is 1. The quantitative estimate of drug-likeness (QED) is 0.747. The first-order chi connectivity index (χ1) is 10.4. The zero-order valence-corrected chi connectivity index (χ0v) is 13.6. The molecule has 2 heterocycles. The monoisotopic (exact) mass is 368 g/mol. The van der Waals surface area contributed by atoms with Crippen LogP contribution in [0.2, 0.25) is 0 Å². The molecule has 8 heteroatoms. The van der Waals surface area contributed by atoms with Gasteiger partial charge in [0.25, 0.3) is 0 Å². The molecule has 7 nitrogen and oxygen atoms in total. The van der Waals surface area contributed by atoms with Gasteiger partial charge in [-0.25, -0.2) is 9.78 Å². The first-order valence-corrected chi connectivity index (χ1v) is 7.78. The van der Waals surface area contributed by atoms with E-state index in [2.05, 4.69) is 26.2 Å². The second-order valence-electron chi connectivity index (χ2n) is 5.54. The Morgan fingerprint density at radius 1 is 1.45 bits per heavy atom. The average molecular weight is 369 g/mol. The molecular weight excluding hydrogens is 352 g/mol. The Hall–Kier alpha value is -1.80. The van der Waals surface area contributed by atoms with Crippen molar-refractivity contribution in [2.24, 2.45) is 7.05 Å². The van der Waals surface area contributed by atoms with Crippen LogP contribution in [0.4, 0.5) is 10.7 Å². The summed E-state index contributed by atoms with van der Waals surface area (Å²) in [6.07, 6.45) is -1.25. The lowest BCUT2D eigenvalue weighted by Gasteiger charge is -2.36. The Balaban J connectivity index is 1.92. The Morgan fingerprint density at radius 2 is 2.23 bits per heavy atom. The second-order valence-corrected chi connectivity index (χ2v) is 6.46. The van der Waals surface area contributed by atoms with Crippen LogP contribution < -0.4 is 10.2 Å². The number of anilines is 1. The van der Waals surface area contributed by atoms with Crippen LogP contribution in [0.15, 0.2) is 22.7 Å². The van der Waals surface area contributed by atoms with E-state index in [1.54, 1.807) is 0 Å². The van der Waals surface area contributed by atoms with Gasteiger partial charge in [-0.15, -0.1) is 0 Å². The molecule has 22 heavy (non-hydrogen) atoms. The fraction of sp³-hybridized carbons (Fsp3) is 0.429. The number of carbonyl (C=O) groups is 1. The van der Waals surface area contributed by atoms with Gasteiger partial charge >= 0.3 is 6.09 Å². The smallest absolute Gasteiger partial charge is 0.404 e. The van der Waals surface area contributed by atoms with Crippen LogP contribution in [0.1, 0.15) is 6.42 Å². The number of nitrogens with one attached hydrogen (secondary N) is 1. The van der Waals surface area contributed by atoms with Crippen LogP contribution in [-0.2, 0) is 7.05 Å². The lowest BCUT2D eigenvalue weighted by Crippen LogP contribution is -2.53. The van der Waals surface area contributed by atoms with Crippen LogP contribution in [0.3, 0.4) is 0 Å². The molecule has 0 radical (unpaired) electrons. The number of rotatable bonds is 2. The predicted octanol–water partition coefficient (Wildman–Crippen LogP) is 1.54. The Labute approximate surface area is 135 Å². The van der Waals surface area contributed by atoms with E-state index in [4.69, 9.17) is 5.11 Å². The third-order valence-electron chi connectivity index (χ3n) is 3.86. The van der Waals surface area contributed by atoms with Crippen molar-refractivity contribution in [2.45, 2.75) is 18.6 Å². The van der Waals surface area contributed by atoms with Crippen molar-refractivity contribution in [3.63, 3.8) is 0 Å². The lowest BCUT2D eigenvalue weighted by atomic mass is 10.0. The molecule has 0 aliphatic carbocycles. The number of aryl methyl sites for hydroxylation is 1. The summed E-state index contributed by atoms with van der Waals surface area (Å²) in [6, 6.07) is 5.55. The highest BCUT2D eigenvalue weighted by Gasteiger charge is 2.29. The number of piperidine rings is 1. The van der Waals surface area contributed by atoms with Gasteiger partial charge in [-0.3, -0.25) is 0 Å². The van der Waals surface area contributed by atoms with Crippen molar-refractivity contribution in [2.75, 3.05) is 18.0 Å². The number of aliphatic hydroxyl groups is 1. The fourth-order valence-corrected chi connectivity index (χ4v) is 3.31. The minimum absolute atomic E-state index is 0.312. The average Bonchev–Trinajstić information content (AvgIpc) is 2.74. The molecule has 3 N–H and O–H groups in total. The number of fused-ring (bicyclic) bond motifs is 1. The molecule has 1 aromatic carbocycles. The maximum atomic E-state index is 10.8. The van der Waals surface area contributed by atoms with Crippen molar-refractivity contribution >= 4 is 39.0 Å². The molecule has 0 unspecified atom stereocenters. The second kappa shape index (κ2) is 5.77. The van der Waals surface area contributed by atoms with E-state index in [-0.39, 0.29) is 6.04 Å². The third kappa shape index (κ3) is 2.89. The first kappa shape index (κ1) is 15.1. The van der Waals surface area contributed by atoms with Gasteiger partial charge < -0.3 is 25.0 Å². The number of β-amino-alcohol motifs (C(OH)–C–C–N with tert-alkyl or cyclic N) is 1. The van der Waals surface area contributed by atoms with Crippen LogP contribution >= 0.6 is 15.9 Å². The molecule has 0 saturated carbocycles. The van der Waals surface area contributed by atoms with Crippen LogP contribution in [0, 0.1) is 0 Å². The number of hydrogen-bond donors (Lipinski definition) is 3. The number of aromatic nitrogens is 2. The molecule has 1 amide bonds. The van der Waals surface area contributed by atoms with E-state index in [1.165, 1.54) is 0 Å². The summed E-state index contributed by atoms with van der Waals surface area (Å²) in [6.45, 7) is 0.928. The highest BCUT2D eigenvalue weighted by atomic mass is 79.9. The Kier molecular flexibility index (Phi) is 3.96. The molecule has 0 bridgehead atoms. The number of benzene rings is 1. The highest BCUT2D eigenvalue weighted by molar-refractivity contribution is 9.10. The largest absolute Gasteiger partial charge is 0.465 e. The van der Waals surface area contributed by atoms with E-state index in [1.807, 2.05) is 34.7 Å². The number of nitrogens with zero attached hydrogens (tertiary/aromatic N) is 3. The van der Waals surface area contributed by atoms with E-state index in [0.717, 1.165) is 21.5 Å². The number of halogens is 1. The van der Waals surface area contributed by atoms with E-state index in [0.29, 0.717) is 19.5 Å². The zero-order chi connectivity index (χ0) is 15.9. The van der Waals surface area contributed by atoms with E-state index in [9.17, 15) is 9.90 Å². The normalized spacial score (nSPS) is 22.0. The van der Waals surface area contributed by atoms with Gasteiger partial charge in [0.1, 0.15) is 0 Å². The molecule has 2 aromatic rings. The lowest BCUT2D eigenvalue weighted by molar-refractivity contribution is 0.132. The van der Waals surface area contributed by atoms with Crippen LogP contribution in [-0.4, -0.2) is 51.1 Å². The summed E-state index contributed by atoms with van der Waals surface area (Å²) < 4.78 is 2.91. The number of imidazole rings is 1. The van der Waals surface area contributed by atoms with Gasteiger partial charge in [0.15, 0.2) is 0 Å². The van der Waals surface area contributed by atoms with Crippen LogP contribution in [0.25, 0.3) is 11.0 Å². The molecule has 3 rings (SSSR count). The van der Waals surface area contributed by atoms with Gasteiger partial charge in [0.05, 0.1) is 23.2 Å². The third-order valence-corrected chi connectivity index (χ3v) is 4.35. The molecular formula is C14H17BrN4O3. The summed E-state index contributed by atoms with van der Waals surface area (Å²) in [5.74, 6) is 0.726. The minimum Gasteiger partial charge on any atom is -0.465 e. The summed E-state index contributed by atoms with van der Waals surface area (Å²) in [7, 11) is 1.92. The maximum absolute atomic E-state index is 10.8. The summed E-state index contributed by atoms with van der Waals surface area (Å²) in [5, 5.41) is 21.3. The molecule has 2 atom stereocenters. The Bertz CT molecular complexity index is 717. The molecule has 118 valence electrons. The van der Waals surface area contributed by atoms with Crippen LogP contribution in [0.5, 0.6) is 0 Å². The van der Waals surface area contributed by atoms with Crippen molar-refractivity contribution in [3.05, 3.63) is 22.7 Å². The van der Waals surface area contributed by atoms with Gasteiger partial charge in [-0.1, -0.05) is 15.9 Å². The highest BCUT2D eigenvalue weighted by Crippen LogP contribution is 2.26. The number of hydrogen-bond acceptors (Lipinski definition) is 4. The molecule has 1 aromatic heterocycles. The van der Waals surface area contributed by atoms with Crippen molar-refractivity contribution in [3.8, 4) is 0 Å². The fourth-order valence-electron chi connectivity index (χ4n) is 2.96. The molecule has 1 aliphatic heterocycles. The predicted molar refractivity (Wildman–Crippen MR) is 86.2 cm³/mol. The molecule has 1 aliphatic rings. The van der Waals surface area contributed by atoms with Crippen molar-refractivity contribution in [1.82, 2.24) is 14.9 Å². The minimum atomic E-state index is -1.08. The molecule has 0 spiro atoms. The van der Waals surface area contributed by atoms with Gasteiger partial charge in [0, 0.05) is 24.6 Å². The van der Waals surface area contributed by atoms with Crippen molar-refractivity contribution in [1.29, 1.82) is 0 Å². The van der Waals surface area contributed by atoms with Crippen molar-refractivity contribution < 1.29 is 15.0 Å². The maximum Gasteiger partial charge on any atom is 0.404 e. The zero-order valence-electron chi connectivity index (χ0n) is 12.0. The first-order valence-electron chi connectivity index (χ1n) is 6.98. The topological polar surface area (TPSA) is 90.6 Å². The summed E-state index contributed by atoms with van der Waals surface area (Å²) in [4.78, 5) is 17.4. The van der Waals surface area contributed by atoms with Gasteiger partial charge in [-0.05, 0) is 24.6 Å². The SMILES string of the molecule is Cn1c(N2C[C@H](O)C[C@@H](NC(=O)O)C2)nc2cc(Br)ccc21. The Morgan fingerprint density at radius 3 is 2.95 bits per heavy atom. The molecule has 1 saturated heterocycles.